The first-order valence-electron chi connectivity index (χ1n) is 7.17. The van der Waals surface area contributed by atoms with Gasteiger partial charge in [-0.15, -0.1) is 11.6 Å². The first-order valence-corrected chi connectivity index (χ1v) is 7.71. The summed E-state index contributed by atoms with van der Waals surface area (Å²) in [6.07, 6.45) is 7.11. The highest BCUT2D eigenvalue weighted by molar-refractivity contribution is 6.18. The fraction of sp³-hybridized carbons (Fsp3) is 0.929. The average Bonchev–Trinajstić information content (AvgIpc) is 2.40. The quantitative estimate of drug-likeness (QED) is 0.740. The zero-order valence-corrected chi connectivity index (χ0v) is 12.0. The normalized spacial score (nSPS) is 30.4. The van der Waals surface area contributed by atoms with Gasteiger partial charge in [0.2, 0.25) is 5.91 Å². The molecule has 1 amide bonds. The van der Waals surface area contributed by atoms with E-state index in [0.29, 0.717) is 30.9 Å². The molecule has 0 aromatic heterocycles. The summed E-state index contributed by atoms with van der Waals surface area (Å²) in [4.78, 5) is 14.3. The molecule has 0 radical (unpaired) electrons. The van der Waals surface area contributed by atoms with E-state index in [1.807, 2.05) is 4.90 Å². The number of carbonyl (C=O) groups excluding carboxylic acids is 1. The van der Waals surface area contributed by atoms with E-state index >= 15 is 0 Å². The highest BCUT2D eigenvalue weighted by atomic mass is 35.5. The van der Waals surface area contributed by atoms with E-state index in [-0.39, 0.29) is 12.1 Å². The number of morpholine rings is 1. The molecule has 2 fully saturated rings. The molecule has 2 aliphatic rings. The van der Waals surface area contributed by atoms with Crippen LogP contribution < -0.4 is 0 Å². The molecule has 0 aromatic rings. The average molecular weight is 274 g/mol. The minimum absolute atomic E-state index is 0.0122. The maximum absolute atomic E-state index is 12.4. The molecule has 4 heteroatoms. The van der Waals surface area contributed by atoms with Crippen LogP contribution in [0.25, 0.3) is 0 Å². The molecule has 0 spiro atoms. The van der Waals surface area contributed by atoms with E-state index in [4.69, 9.17) is 16.3 Å². The number of rotatable bonds is 3. The van der Waals surface area contributed by atoms with Crippen LogP contribution in [-0.2, 0) is 9.53 Å². The number of carbonyl (C=O) groups is 1. The lowest BCUT2D eigenvalue weighted by Gasteiger charge is -2.38. The molecule has 104 valence electrons. The molecule has 1 heterocycles. The van der Waals surface area contributed by atoms with Crippen LogP contribution in [0, 0.1) is 5.92 Å². The van der Waals surface area contributed by atoms with E-state index < -0.39 is 0 Å². The van der Waals surface area contributed by atoms with Gasteiger partial charge in [-0.2, -0.15) is 0 Å². The van der Waals surface area contributed by atoms with Gasteiger partial charge in [0.25, 0.3) is 0 Å². The van der Waals surface area contributed by atoms with E-state index in [1.54, 1.807) is 0 Å². The topological polar surface area (TPSA) is 29.5 Å². The monoisotopic (exact) mass is 273 g/mol. The fourth-order valence-electron chi connectivity index (χ4n) is 3.01. The summed E-state index contributed by atoms with van der Waals surface area (Å²) in [6.45, 7) is 3.34. The highest BCUT2D eigenvalue weighted by Gasteiger charge is 2.30. The Labute approximate surface area is 115 Å². The van der Waals surface area contributed by atoms with E-state index in [9.17, 15) is 4.79 Å². The molecule has 1 saturated carbocycles. The number of halogens is 1. The van der Waals surface area contributed by atoms with Gasteiger partial charge in [-0.1, -0.05) is 19.3 Å². The van der Waals surface area contributed by atoms with Gasteiger partial charge in [-0.3, -0.25) is 4.79 Å². The van der Waals surface area contributed by atoms with Crippen LogP contribution in [0.5, 0.6) is 0 Å². The third-order valence-corrected chi connectivity index (χ3v) is 4.53. The van der Waals surface area contributed by atoms with Crippen molar-refractivity contribution in [3.8, 4) is 0 Å². The Kier molecular flexibility index (Phi) is 5.31. The second-order valence-electron chi connectivity index (χ2n) is 5.71. The van der Waals surface area contributed by atoms with Crippen molar-refractivity contribution in [2.75, 3.05) is 19.0 Å². The summed E-state index contributed by atoms with van der Waals surface area (Å²) in [5, 5.41) is 0. The maximum atomic E-state index is 12.4. The second-order valence-corrected chi connectivity index (χ2v) is 6.02. The molecule has 2 rings (SSSR count). The Morgan fingerprint density at radius 2 is 2.06 bits per heavy atom. The number of alkyl halides is 1. The van der Waals surface area contributed by atoms with Gasteiger partial charge in [0.15, 0.2) is 0 Å². The Bertz CT molecular complexity index is 279. The Hall–Kier alpha value is -0.280. The fourth-order valence-corrected chi connectivity index (χ4v) is 3.20. The number of nitrogens with zero attached hydrogens (tertiary/aromatic N) is 1. The Morgan fingerprint density at radius 3 is 2.72 bits per heavy atom. The lowest BCUT2D eigenvalue weighted by molar-refractivity contribution is -0.144. The first-order chi connectivity index (χ1) is 8.70. The zero-order chi connectivity index (χ0) is 13.0. The SMILES string of the molecule is CC1COC(CCl)CN1C(=O)CC1CCCCC1. The van der Waals surface area contributed by atoms with Crippen LogP contribution in [0.15, 0.2) is 0 Å². The maximum Gasteiger partial charge on any atom is 0.223 e. The minimum atomic E-state index is 0.0122. The number of amides is 1. The third-order valence-electron chi connectivity index (χ3n) is 4.19. The molecule has 0 aromatic carbocycles. The standard InChI is InChI=1S/C14H24ClNO2/c1-11-10-18-13(8-15)9-16(11)14(17)7-12-5-3-2-4-6-12/h11-13H,2-10H2,1H3. The molecule has 3 nitrogen and oxygen atoms in total. The van der Waals surface area contributed by atoms with Crippen molar-refractivity contribution in [2.45, 2.75) is 57.6 Å². The van der Waals surface area contributed by atoms with Crippen LogP contribution in [0.1, 0.15) is 45.4 Å². The number of ether oxygens (including phenoxy) is 1. The predicted octanol–water partition coefficient (Wildman–Crippen LogP) is 2.81. The smallest absolute Gasteiger partial charge is 0.223 e. The third kappa shape index (κ3) is 3.61. The Morgan fingerprint density at radius 1 is 1.33 bits per heavy atom. The lowest BCUT2D eigenvalue weighted by Crippen LogP contribution is -2.51. The molecule has 18 heavy (non-hydrogen) atoms. The van der Waals surface area contributed by atoms with Gasteiger partial charge in [0.05, 0.1) is 24.6 Å². The summed E-state index contributed by atoms with van der Waals surface area (Å²) in [5.74, 6) is 1.38. The van der Waals surface area contributed by atoms with Crippen LogP contribution >= 0.6 is 11.6 Å². The number of hydrogen-bond acceptors (Lipinski definition) is 2. The number of hydrogen-bond donors (Lipinski definition) is 0. The molecule has 1 aliphatic heterocycles. The van der Waals surface area contributed by atoms with E-state index in [1.165, 1.54) is 32.1 Å². The summed E-state index contributed by atoms with van der Waals surface area (Å²) in [7, 11) is 0. The Balaban J connectivity index is 1.85. The van der Waals surface area contributed by atoms with Crippen molar-refractivity contribution in [2.24, 2.45) is 5.92 Å². The lowest BCUT2D eigenvalue weighted by atomic mass is 9.86. The molecule has 2 atom stereocenters. The molecular formula is C14H24ClNO2. The summed E-state index contributed by atoms with van der Waals surface area (Å²) < 4.78 is 5.58. The van der Waals surface area contributed by atoms with Gasteiger partial charge < -0.3 is 9.64 Å². The van der Waals surface area contributed by atoms with Crippen LogP contribution in [0.3, 0.4) is 0 Å². The van der Waals surface area contributed by atoms with E-state index in [0.717, 1.165) is 6.42 Å². The van der Waals surface area contributed by atoms with Crippen molar-refractivity contribution in [3.05, 3.63) is 0 Å². The van der Waals surface area contributed by atoms with Gasteiger partial charge in [-0.05, 0) is 25.7 Å². The summed E-state index contributed by atoms with van der Waals surface area (Å²) in [6, 6.07) is 0.195. The summed E-state index contributed by atoms with van der Waals surface area (Å²) >= 11 is 5.83. The van der Waals surface area contributed by atoms with Gasteiger partial charge in [0.1, 0.15) is 0 Å². The summed E-state index contributed by atoms with van der Waals surface area (Å²) in [5.41, 5.74) is 0. The largest absolute Gasteiger partial charge is 0.373 e. The molecule has 1 aliphatic carbocycles. The van der Waals surface area contributed by atoms with Crippen molar-refractivity contribution in [3.63, 3.8) is 0 Å². The van der Waals surface area contributed by atoms with Crippen molar-refractivity contribution < 1.29 is 9.53 Å². The van der Waals surface area contributed by atoms with Crippen molar-refractivity contribution in [1.82, 2.24) is 4.90 Å². The first kappa shape index (κ1) is 14.1. The molecule has 2 unspecified atom stereocenters. The molecule has 0 N–H and O–H groups in total. The second kappa shape index (κ2) is 6.76. The zero-order valence-electron chi connectivity index (χ0n) is 11.2. The predicted molar refractivity (Wildman–Crippen MR) is 72.8 cm³/mol. The van der Waals surface area contributed by atoms with Crippen molar-refractivity contribution in [1.29, 1.82) is 0 Å². The van der Waals surface area contributed by atoms with E-state index in [2.05, 4.69) is 6.92 Å². The van der Waals surface area contributed by atoms with Crippen LogP contribution in [0.4, 0.5) is 0 Å². The molecular weight excluding hydrogens is 250 g/mol. The van der Waals surface area contributed by atoms with Gasteiger partial charge in [0, 0.05) is 13.0 Å². The van der Waals surface area contributed by atoms with Gasteiger partial charge in [-0.25, -0.2) is 0 Å². The molecule has 0 bridgehead atoms. The van der Waals surface area contributed by atoms with Crippen LogP contribution in [-0.4, -0.2) is 42.0 Å². The minimum Gasteiger partial charge on any atom is -0.373 e. The van der Waals surface area contributed by atoms with Crippen molar-refractivity contribution >= 4 is 17.5 Å². The molecule has 1 saturated heterocycles. The van der Waals surface area contributed by atoms with Gasteiger partial charge >= 0.3 is 0 Å². The highest BCUT2D eigenvalue weighted by Crippen LogP contribution is 2.27. The van der Waals surface area contributed by atoms with Crippen LogP contribution in [0.2, 0.25) is 0 Å².